The Labute approximate surface area is 142 Å². The monoisotopic (exact) mass is 337 g/mol. The number of nitrogens with one attached hydrogen (secondary N) is 2. The predicted octanol–water partition coefficient (Wildman–Crippen LogP) is 0.987. The minimum atomic E-state index is -0.431. The van der Waals surface area contributed by atoms with Gasteiger partial charge in [-0.3, -0.25) is 14.8 Å². The Balaban J connectivity index is 2.07. The number of aryl methyl sites for hydroxylation is 1. The number of methoxy groups -OCH3 is 1. The Bertz CT molecular complexity index is 584. The van der Waals surface area contributed by atoms with Gasteiger partial charge < -0.3 is 15.0 Å². The number of rotatable bonds is 6. The number of piperazine rings is 1. The number of nitrogens with zero attached hydrogens (tertiary/aromatic N) is 3. The van der Waals surface area contributed by atoms with E-state index in [1.54, 1.807) is 23.7 Å². The van der Waals surface area contributed by atoms with Crippen molar-refractivity contribution in [3.8, 4) is 0 Å². The van der Waals surface area contributed by atoms with Crippen molar-refractivity contribution in [3.05, 3.63) is 11.8 Å². The van der Waals surface area contributed by atoms with Gasteiger partial charge in [0.2, 0.25) is 5.91 Å². The first-order chi connectivity index (χ1) is 11.4. The quantitative estimate of drug-likeness (QED) is 0.810. The summed E-state index contributed by atoms with van der Waals surface area (Å²) < 4.78 is 6.67. The Kier molecular flexibility index (Phi) is 6.19. The molecule has 0 aliphatic carbocycles. The molecule has 1 aromatic rings. The van der Waals surface area contributed by atoms with E-state index >= 15 is 0 Å². The first kappa shape index (κ1) is 18.3. The molecule has 1 fully saturated rings. The number of amides is 3. The van der Waals surface area contributed by atoms with Crippen LogP contribution in [-0.4, -0.2) is 59.5 Å². The number of anilines is 1. The van der Waals surface area contributed by atoms with Crippen LogP contribution in [0.15, 0.2) is 6.07 Å². The fourth-order valence-electron chi connectivity index (χ4n) is 2.79. The Morgan fingerprint density at radius 1 is 1.54 bits per heavy atom. The van der Waals surface area contributed by atoms with E-state index in [-0.39, 0.29) is 11.9 Å². The molecule has 24 heavy (non-hydrogen) atoms. The van der Waals surface area contributed by atoms with E-state index in [1.165, 1.54) is 0 Å². The van der Waals surface area contributed by atoms with Crippen molar-refractivity contribution >= 4 is 17.8 Å². The van der Waals surface area contributed by atoms with Crippen LogP contribution in [0.5, 0.6) is 0 Å². The van der Waals surface area contributed by atoms with Gasteiger partial charge in [0.1, 0.15) is 11.9 Å². The fourth-order valence-corrected chi connectivity index (χ4v) is 2.79. The molecule has 0 saturated carbocycles. The van der Waals surface area contributed by atoms with Crippen molar-refractivity contribution in [2.24, 2.45) is 13.0 Å². The van der Waals surface area contributed by atoms with Gasteiger partial charge in [-0.25, -0.2) is 4.79 Å². The average Bonchev–Trinajstić information content (AvgIpc) is 2.86. The number of hydrogen-bond acceptors (Lipinski definition) is 4. The molecule has 0 aromatic carbocycles. The molecule has 1 saturated heterocycles. The Morgan fingerprint density at radius 3 is 2.96 bits per heavy atom. The first-order valence-corrected chi connectivity index (χ1v) is 8.29. The van der Waals surface area contributed by atoms with Gasteiger partial charge >= 0.3 is 6.03 Å². The van der Waals surface area contributed by atoms with E-state index in [4.69, 9.17) is 4.74 Å². The van der Waals surface area contributed by atoms with Crippen LogP contribution in [0.2, 0.25) is 0 Å². The zero-order valence-corrected chi connectivity index (χ0v) is 14.8. The lowest BCUT2D eigenvalue weighted by Gasteiger charge is -2.35. The molecule has 2 rings (SSSR count). The van der Waals surface area contributed by atoms with E-state index in [0.29, 0.717) is 44.3 Å². The number of hydrogen-bond donors (Lipinski definition) is 2. The molecule has 0 radical (unpaired) electrons. The summed E-state index contributed by atoms with van der Waals surface area (Å²) in [5.74, 6) is 0.850. The number of urea groups is 1. The molecule has 2 N–H and O–H groups in total. The molecule has 1 aliphatic heterocycles. The van der Waals surface area contributed by atoms with Gasteiger partial charge in [-0.05, 0) is 12.3 Å². The second-order valence-corrected chi connectivity index (χ2v) is 6.45. The van der Waals surface area contributed by atoms with E-state index in [1.807, 2.05) is 19.9 Å². The van der Waals surface area contributed by atoms with E-state index in [2.05, 4.69) is 15.7 Å². The molecule has 2 heterocycles. The normalized spacial score (nSPS) is 18.0. The minimum Gasteiger partial charge on any atom is -0.384 e. The van der Waals surface area contributed by atoms with Gasteiger partial charge in [-0.1, -0.05) is 13.8 Å². The van der Waals surface area contributed by atoms with Crippen LogP contribution in [0.25, 0.3) is 0 Å². The van der Waals surface area contributed by atoms with Crippen LogP contribution in [0.1, 0.15) is 26.0 Å². The van der Waals surface area contributed by atoms with Crippen molar-refractivity contribution < 1.29 is 14.3 Å². The summed E-state index contributed by atoms with van der Waals surface area (Å²) in [6.07, 6.45) is 1.33. The summed E-state index contributed by atoms with van der Waals surface area (Å²) >= 11 is 0. The van der Waals surface area contributed by atoms with E-state index in [0.717, 1.165) is 5.69 Å². The molecule has 134 valence electrons. The van der Waals surface area contributed by atoms with Crippen LogP contribution >= 0.6 is 0 Å². The highest BCUT2D eigenvalue weighted by Crippen LogP contribution is 2.17. The average molecular weight is 337 g/mol. The zero-order valence-electron chi connectivity index (χ0n) is 14.8. The number of ether oxygens (including phenoxy) is 1. The van der Waals surface area contributed by atoms with Gasteiger partial charge in [0, 0.05) is 39.7 Å². The number of aromatic nitrogens is 2. The maximum Gasteiger partial charge on any atom is 0.323 e. The molecular formula is C16H27N5O3. The molecule has 1 atom stereocenters. The molecule has 1 aliphatic rings. The SMILES string of the molecule is COCCc1cc(NC(=O)N2CCNC(=O)C2CC(C)C)n(C)n1. The summed E-state index contributed by atoms with van der Waals surface area (Å²) in [7, 11) is 3.42. The molecule has 3 amide bonds. The highest BCUT2D eigenvalue weighted by atomic mass is 16.5. The fraction of sp³-hybridized carbons (Fsp3) is 0.688. The molecule has 1 unspecified atom stereocenters. The maximum atomic E-state index is 12.6. The summed E-state index contributed by atoms with van der Waals surface area (Å²) in [4.78, 5) is 26.4. The van der Waals surface area contributed by atoms with E-state index < -0.39 is 6.04 Å². The van der Waals surface area contributed by atoms with Crippen molar-refractivity contribution in [1.82, 2.24) is 20.0 Å². The number of carbonyl (C=O) groups is 2. The summed E-state index contributed by atoms with van der Waals surface area (Å²) in [6, 6.07) is 1.13. The van der Waals surface area contributed by atoms with Crippen molar-refractivity contribution in [1.29, 1.82) is 0 Å². The second-order valence-electron chi connectivity index (χ2n) is 6.45. The lowest BCUT2D eigenvalue weighted by molar-refractivity contribution is -0.128. The summed E-state index contributed by atoms with van der Waals surface area (Å²) in [6.45, 7) is 5.64. The third-order valence-electron chi connectivity index (χ3n) is 4.01. The van der Waals surface area contributed by atoms with E-state index in [9.17, 15) is 9.59 Å². The topological polar surface area (TPSA) is 88.5 Å². The first-order valence-electron chi connectivity index (χ1n) is 8.29. The van der Waals surface area contributed by atoms with Gasteiger partial charge in [0.25, 0.3) is 0 Å². The standard InChI is InChI=1S/C16H27N5O3/c1-11(2)9-13-15(22)17-6-7-21(13)16(23)18-14-10-12(5-8-24-4)19-20(14)3/h10-11,13H,5-9H2,1-4H3,(H,17,22)(H,18,23). The van der Waals surface area contributed by atoms with Gasteiger partial charge in [0.15, 0.2) is 0 Å². The van der Waals surface area contributed by atoms with Crippen LogP contribution < -0.4 is 10.6 Å². The molecule has 8 nitrogen and oxygen atoms in total. The second kappa shape index (κ2) is 8.14. The Morgan fingerprint density at radius 2 is 2.29 bits per heavy atom. The maximum absolute atomic E-state index is 12.6. The largest absolute Gasteiger partial charge is 0.384 e. The van der Waals surface area contributed by atoms with Crippen LogP contribution in [-0.2, 0) is 23.0 Å². The molecule has 1 aromatic heterocycles. The lowest BCUT2D eigenvalue weighted by atomic mass is 10.0. The van der Waals surface area contributed by atoms with Crippen molar-refractivity contribution in [3.63, 3.8) is 0 Å². The summed E-state index contributed by atoms with van der Waals surface area (Å²) in [5.41, 5.74) is 0.852. The minimum absolute atomic E-state index is 0.0871. The Hall–Kier alpha value is -2.09. The van der Waals surface area contributed by atoms with Crippen LogP contribution in [0.4, 0.5) is 10.6 Å². The molecule has 8 heteroatoms. The van der Waals surface area contributed by atoms with Gasteiger partial charge in [0.05, 0.1) is 12.3 Å². The van der Waals surface area contributed by atoms with Crippen LogP contribution in [0.3, 0.4) is 0 Å². The van der Waals surface area contributed by atoms with Crippen LogP contribution in [0, 0.1) is 5.92 Å². The molecule has 0 spiro atoms. The number of carbonyl (C=O) groups excluding carboxylic acids is 2. The summed E-state index contributed by atoms with van der Waals surface area (Å²) in [5, 5.41) is 10.1. The molecule has 0 bridgehead atoms. The smallest absolute Gasteiger partial charge is 0.323 e. The van der Waals surface area contributed by atoms with Crippen molar-refractivity contribution in [2.45, 2.75) is 32.7 Å². The molecular weight excluding hydrogens is 310 g/mol. The zero-order chi connectivity index (χ0) is 17.7. The van der Waals surface area contributed by atoms with Gasteiger partial charge in [-0.15, -0.1) is 0 Å². The third kappa shape index (κ3) is 4.47. The van der Waals surface area contributed by atoms with Crippen molar-refractivity contribution in [2.75, 3.05) is 32.1 Å². The predicted molar refractivity (Wildman–Crippen MR) is 90.8 cm³/mol. The highest BCUT2D eigenvalue weighted by Gasteiger charge is 2.33. The lowest BCUT2D eigenvalue weighted by Crippen LogP contribution is -2.58. The highest BCUT2D eigenvalue weighted by molar-refractivity contribution is 5.94. The third-order valence-corrected chi connectivity index (χ3v) is 4.01. The van der Waals surface area contributed by atoms with Gasteiger partial charge in [-0.2, -0.15) is 5.10 Å².